The van der Waals surface area contributed by atoms with Gasteiger partial charge in [0.15, 0.2) is 5.11 Å². The number of hydrogen-bond acceptors (Lipinski definition) is 4. The molecule has 1 fully saturated rings. The molecule has 0 bridgehead atoms. The summed E-state index contributed by atoms with van der Waals surface area (Å²) in [5.74, 6) is -0.337. The van der Waals surface area contributed by atoms with Gasteiger partial charge in [0.1, 0.15) is 11.9 Å². The molecular weight excluding hydrogens is 485 g/mol. The number of sulfonamides is 1. The van der Waals surface area contributed by atoms with Gasteiger partial charge in [0, 0.05) is 29.5 Å². The Balaban J connectivity index is 1.62. The fourth-order valence-electron chi connectivity index (χ4n) is 4.34. The SMILES string of the molecule is CS(=O)(=O)Nc1ccc(N2C(=S)NC(c3ccccn3)C2c2cccn2-c2ccccc2F)cc1. The highest BCUT2D eigenvalue weighted by Crippen LogP contribution is 2.42. The van der Waals surface area contributed by atoms with Crippen molar-refractivity contribution in [1.29, 1.82) is 0 Å². The molecule has 0 spiro atoms. The molecule has 4 aromatic rings. The topological polar surface area (TPSA) is 79.3 Å². The summed E-state index contributed by atoms with van der Waals surface area (Å²) in [5, 5.41) is 3.86. The second kappa shape index (κ2) is 9.12. The third kappa shape index (κ3) is 4.62. The average molecular weight is 508 g/mol. The molecule has 1 aliphatic rings. The Hall–Kier alpha value is -3.76. The van der Waals surface area contributed by atoms with Gasteiger partial charge < -0.3 is 14.8 Å². The molecule has 10 heteroatoms. The first-order valence-corrected chi connectivity index (χ1v) is 13.1. The van der Waals surface area contributed by atoms with Crippen LogP contribution in [0.25, 0.3) is 5.69 Å². The van der Waals surface area contributed by atoms with Crippen molar-refractivity contribution in [3.8, 4) is 5.69 Å². The predicted octanol–water partition coefficient (Wildman–Crippen LogP) is 4.56. The van der Waals surface area contributed by atoms with Crippen LogP contribution in [0.5, 0.6) is 0 Å². The highest BCUT2D eigenvalue weighted by Gasteiger charge is 2.42. The standard InChI is InChI=1S/C25H22FN5O2S2/c1-35(32,33)29-17-11-13-18(14-12-17)31-24(23(28-25(31)34)20-8-4-5-15-27-20)22-10-6-16-30(22)21-9-3-2-7-19(21)26/h2-16,23-24,29H,1H3,(H,28,34). The molecule has 7 nitrogen and oxygen atoms in total. The second-order valence-electron chi connectivity index (χ2n) is 8.17. The van der Waals surface area contributed by atoms with Crippen molar-refractivity contribution in [2.24, 2.45) is 0 Å². The highest BCUT2D eigenvalue weighted by molar-refractivity contribution is 7.92. The van der Waals surface area contributed by atoms with Crippen molar-refractivity contribution in [3.05, 3.63) is 108 Å². The van der Waals surface area contributed by atoms with E-state index in [0.29, 0.717) is 16.5 Å². The van der Waals surface area contributed by atoms with E-state index in [1.54, 1.807) is 48.7 Å². The maximum atomic E-state index is 14.8. The van der Waals surface area contributed by atoms with E-state index >= 15 is 0 Å². The Morgan fingerprint density at radius 2 is 1.74 bits per heavy atom. The maximum absolute atomic E-state index is 14.8. The van der Waals surface area contributed by atoms with E-state index in [1.165, 1.54) is 6.07 Å². The summed E-state index contributed by atoms with van der Waals surface area (Å²) in [4.78, 5) is 6.50. The van der Waals surface area contributed by atoms with E-state index in [2.05, 4.69) is 15.0 Å². The molecule has 5 rings (SSSR count). The zero-order valence-electron chi connectivity index (χ0n) is 18.7. The zero-order chi connectivity index (χ0) is 24.6. The molecule has 0 amide bonds. The fraction of sp³-hybridized carbons (Fsp3) is 0.120. The van der Waals surface area contributed by atoms with Crippen LogP contribution in [0.2, 0.25) is 0 Å². The lowest BCUT2D eigenvalue weighted by molar-refractivity contribution is 0.544. The second-order valence-corrected chi connectivity index (χ2v) is 10.3. The van der Waals surface area contributed by atoms with Crippen LogP contribution in [0, 0.1) is 5.82 Å². The minimum Gasteiger partial charge on any atom is -0.351 e. The van der Waals surface area contributed by atoms with Crippen LogP contribution >= 0.6 is 12.2 Å². The molecule has 0 saturated carbocycles. The fourth-order valence-corrected chi connectivity index (χ4v) is 5.25. The number of benzene rings is 2. The van der Waals surface area contributed by atoms with Crippen LogP contribution in [-0.2, 0) is 10.0 Å². The molecule has 3 heterocycles. The zero-order valence-corrected chi connectivity index (χ0v) is 20.3. The van der Waals surface area contributed by atoms with E-state index < -0.39 is 10.0 Å². The van der Waals surface area contributed by atoms with E-state index in [-0.39, 0.29) is 17.9 Å². The number of para-hydroxylation sites is 1. The molecule has 35 heavy (non-hydrogen) atoms. The largest absolute Gasteiger partial charge is 0.351 e. The first-order chi connectivity index (χ1) is 16.8. The molecule has 2 aromatic carbocycles. The number of hydrogen-bond donors (Lipinski definition) is 2. The van der Waals surface area contributed by atoms with E-state index in [9.17, 15) is 12.8 Å². The Morgan fingerprint density at radius 3 is 2.43 bits per heavy atom. The molecule has 2 N–H and O–H groups in total. The van der Waals surface area contributed by atoms with Gasteiger partial charge in [-0.15, -0.1) is 0 Å². The van der Waals surface area contributed by atoms with E-state index in [1.807, 2.05) is 46.0 Å². The van der Waals surface area contributed by atoms with Gasteiger partial charge in [-0.05, 0) is 72.9 Å². The summed E-state index contributed by atoms with van der Waals surface area (Å²) >= 11 is 5.75. The van der Waals surface area contributed by atoms with Gasteiger partial charge in [0.25, 0.3) is 0 Å². The van der Waals surface area contributed by atoms with Crippen LogP contribution in [0.3, 0.4) is 0 Å². The van der Waals surface area contributed by atoms with Gasteiger partial charge in [-0.25, -0.2) is 12.8 Å². The molecule has 2 aromatic heterocycles. The number of aromatic nitrogens is 2. The van der Waals surface area contributed by atoms with Gasteiger partial charge in [-0.2, -0.15) is 0 Å². The molecular formula is C25H22FN5O2S2. The van der Waals surface area contributed by atoms with Gasteiger partial charge >= 0.3 is 0 Å². The molecule has 2 atom stereocenters. The van der Waals surface area contributed by atoms with Crippen molar-refractivity contribution in [3.63, 3.8) is 0 Å². The number of nitrogens with zero attached hydrogens (tertiary/aromatic N) is 3. The lowest BCUT2D eigenvalue weighted by Gasteiger charge is -2.29. The Kier molecular flexibility index (Phi) is 6.00. The minimum atomic E-state index is -3.40. The summed E-state index contributed by atoms with van der Waals surface area (Å²) in [7, 11) is -3.40. The molecule has 178 valence electrons. The number of anilines is 2. The van der Waals surface area contributed by atoms with Gasteiger partial charge in [-0.1, -0.05) is 18.2 Å². The number of halogens is 1. The quantitative estimate of drug-likeness (QED) is 0.373. The van der Waals surface area contributed by atoms with Crippen molar-refractivity contribution < 1.29 is 12.8 Å². The van der Waals surface area contributed by atoms with E-state index in [0.717, 1.165) is 23.3 Å². The third-order valence-electron chi connectivity index (χ3n) is 5.74. The van der Waals surface area contributed by atoms with Crippen LogP contribution in [0.1, 0.15) is 23.5 Å². The summed E-state index contributed by atoms with van der Waals surface area (Å²) in [6.07, 6.45) is 4.65. The van der Waals surface area contributed by atoms with Crippen molar-refractivity contribution in [2.75, 3.05) is 15.9 Å². The lowest BCUT2D eigenvalue weighted by atomic mass is 10.0. The van der Waals surface area contributed by atoms with Crippen molar-refractivity contribution >= 4 is 38.7 Å². The van der Waals surface area contributed by atoms with Crippen LogP contribution in [-0.4, -0.2) is 29.3 Å². The van der Waals surface area contributed by atoms with Crippen molar-refractivity contribution in [1.82, 2.24) is 14.9 Å². The Bertz CT molecular complexity index is 1470. The highest BCUT2D eigenvalue weighted by atomic mass is 32.2. The minimum absolute atomic E-state index is 0.307. The number of thiocarbonyl (C=S) groups is 1. The average Bonchev–Trinajstić information content (AvgIpc) is 3.44. The van der Waals surface area contributed by atoms with Gasteiger partial charge in [0.05, 0.1) is 23.7 Å². The van der Waals surface area contributed by atoms with E-state index in [4.69, 9.17) is 12.2 Å². The normalized spacial score (nSPS) is 17.9. The smallest absolute Gasteiger partial charge is 0.229 e. The summed E-state index contributed by atoms with van der Waals surface area (Å²) in [6.45, 7) is 0. The van der Waals surface area contributed by atoms with Gasteiger partial charge in [0.2, 0.25) is 10.0 Å². The van der Waals surface area contributed by atoms with Crippen LogP contribution in [0.4, 0.5) is 15.8 Å². The first kappa shape index (κ1) is 23.0. The molecule has 1 aliphatic heterocycles. The summed E-state index contributed by atoms with van der Waals surface area (Å²) in [6, 6.07) is 22.4. The molecule has 0 radical (unpaired) electrons. The van der Waals surface area contributed by atoms with Crippen LogP contribution < -0.4 is 14.9 Å². The Morgan fingerprint density at radius 1 is 1.00 bits per heavy atom. The number of nitrogens with one attached hydrogen (secondary N) is 2. The summed E-state index contributed by atoms with van der Waals surface area (Å²) < 4.78 is 42.3. The van der Waals surface area contributed by atoms with Crippen molar-refractivity contribution in [2.45, 2.75) is 12.1 Å². The number of rotatable bonds is 6. The molecule has 2 unspecified atom stereocenters. The molecule has 1 saturated heterocycles. The number of pyridine rings is 1. The molecule has 0 aliphatic carbocycles. The van der Waals surface area contributed by atoms with Crippen LogP contribution in [0.15, 0.2) is 91.3 Å². The monoisotopic (exact) mass is 507 g/mol. The predicted molar refractivity (Wildman–Crippen MR) is 139 cm³/mol. The summed E-state index contributed by atoms with van der Waals surface area (Å²) in [5.41, 5.74) is 3.24. The Labute approximate surface area is 208 Å². The van der Waals surface area contributed by atoms with Gasteiger partial charge in [-0.3, -0.25) is 9.71 Å². The first-order valence-electron chi connectivity index (χ1n) is 10.8. The maximum Gasteiger partial charge on any atom is 0.229 e. The lowest BCUT2D eigenvalue weighted by Crippen LogP contribution is -2.30. The third-order valence-corrected chi connectivity index (χ3v) is 6.66.